The molecule has 0 atom stereocenters. The van der Waals surface area contributed by atoms with E-state index in [0.29, 0.717) is 17.6 Å². The molecule has 0 fully saturated rings. The molecule has 330 valence electrons. The van der Waals surface area contributed by atoms with Gasteiger partial charge in [0.15, 0.2) is 0 Å². The van der Waals surface area contributed by atoms with Crippen molar-refractivity contribution in [2.45, 2.75) is 104 Å². The molecule has 0 aliphatic heterocycles. The molecule has 0 saturated heterocycles. The number of nitrogens with zero attached hydrogens (tertiary/aromatic N) is 4. The summed E-state index contributed by atoms with van der Waals surface area (Å²) in [5.74, 6) is 1.36. The molecule has 65 heavy (non-hydrogen) atoms. The summed E-state index contributed by atoms with van der Waals surface area (Å²) in [6.45, 7) is 22.2. The van der Waals surface area contributed by atoms with E-state index in [1.165, 1.54) is 55.6 Å². The average Bonchev–Trinajstić information content (AvgIpc) is 3.68. The third-order valence-corrected chi connectivity index (χ3v) is 13.4. The maximum absolute atomic E-state index is 12.2. The predicted molar refractivity (Wildman–Crippen MR) is 264 cm³/mol. The van der Waals surface area contributed by atoms with E-state index in [4.69, 9.17) is 9.97 Å². The number of benzene rings is 5. The molecule has 12 rings (SSSR count). The fraction of sp³-hybridized carbons (Fsp3) is 0.271. The first kappa shape index (κ1) is 44.3. The minimum absolute atomic E-state index is 0. The number of rotatable bonds is 4. The number of aromatic hydroxyl groups is 1. The maximum Gasteiger partial charge on any atom is 0.149 e. The van der Waals surface area contributed by atoms with Gasteiger partial charge in [-0.05, 0) is 109 Å². The fourth-order valence-electron chi connectivity index (χ4n) is 10.3. The van der Waals surface area contributed by atoms with Gasteiger partial charge in [-0.25, -0.2) is 4.98 Å². The van der Waals surface area contributed by atoms with Crippen molar-refractivity contribution < 1.29 is 26.2 Å². The van der Waals surface area contributed by atoms with Crippen LogP contribution in [-0.2, 0) is 31.9 Å². The molecule has 4 aromatic heterocycles. The van der Waals surface area contributed by atoms with Crippen LogP contribution in [0.4, 0.5) is 0 Å². The number of imidazole rings is 1. The number of hydrogen-bond donors (Lipinski definition) is 1. The van der Waals surface area contributed by atoms with Crippen LogP contribution in [0, 0.1) is 6.07 Å². The quantitative estimate of drug-likeness (QED) is 0.178. The number of pyridine rings is 3. The van der Waals surface area contributed by atoms with Gasteiger partial charge < -0.3 is 10.1 Å². The largest absolute Gasteiger partial charge is 0.507 e. The summed E-state index contributed by atoms with van der Waals surface area (Å²) in [5.41, 5.74) is 19.5. The SMILES string of the molecule is CC(C)(C)c1cc(C(C)(C)C)c2c3c(n4c5ccccc5nc4c2c1O)C1c2ccccc2C3c2ccccc21.CC(C)c1cc(-c2ccnc(-c3[c-]cccc3)c2)cc(C(C)C)n1.[Pt]. The van der Waals surface area contributed by atoms with Crippen molar-refractivity contribution in [2.24, 2.45) is 0 Å². The molecule has 1 N–H and O–H groups in total. The predicted octanol–water partition coefficient (Wildman–Crippen LogP) is 14.8. The summed E-state index contributed by atoms with van der Waals surface area (Å²) in [5, 5.41) is 14.3. The topological polar surface area (TPSA) is 63.3 Å². The Balaban J connectivity index is 0.000000184. The van der Waals surface area contributed by atoms with Gasteiger partial charge in [-0.1, -0.05) is 142 Å². The van der Waals surface area contributed by atoms with Crippen LogP contribution in [0.25, 0.3) is 49.8 Å². The van der Waals surface area contributed by atoms with E-state index in [2.05, 4.69) is 188 Å². The van der Waals surface area contributed by atoms with Crippen LogP contribution in [0.1, 0.15) is 149 Å². The summed E-state index contributed by atoms with van der Waals surface area (Å²) in [6, 6.07) is 48.5. The molecule has 5 nitrogen and oxygen atoms in total. The third kappa shape index (κ3) is 7.41. The van der Waals surface area contributed by atoms with Crippen LogP contribution in [0.15, 0.2) is 134 Å². The van der Waals surface area contributed by atoms with E-state index in [1.54, 1.807) is 0 Å². The summed E-state index contributed by atoms with van der Waals surface area (Å²) < 4.78 is 2.38. The van der Waals surface area contributed by atoms with Crippen LogP contribution >= 0.6 is 0 Å². The van der Waals surface area contributed by atoms with Crippen LogP contribution in [0.2, 0.25) is 0 Å². The molecule has 3 aliphatic rings. The standard InChI is InChI=1S/C37H34N2O.C22H23N2.Pt/c1-36(2,3)24-19-25(37(4,5)6)34(40)32-30(24)31-28-20-13-7-9-15-22(20)29(23-16-10-8-14-21(23)28)33(31)39-27-18-12-11-17-26(27)38-35(32)39;1-15(2)20-13-19(14-21(24-20)16(3)4)18-10-11-23-22(12-18)17-8-6-5-7-9-17;/h7-19,28-29,40H,1-6H3;5-8,10-16H,1-4H3;/q;-1;. The Morgan fingerprint density at radius 1 is 0.600 bits per heavy atom. The second-order valence-electron chi connectivity index (χ2n) is 20.5. The number of phenols is 1. The van der Waals surface area contributed by atoms with Gasteiger partial charge in [0.05, 0.1) is 22.3 Å². The maximum atomic E-state index is 12.2. The molecule has 0 spiro atoms. The van der Waals surface area contributed by atoms with Crippen molar-refractivity contribution >= 4 is 27.5 Å². The van der Waals surface area contributed by atoms with Crippen LogP contribution in [0.5, 0.6) is 5.75 Å². The van der Waals surface area contributed by atoms with Crippen molar-refractivity contribution in [1.82, 2.24) is 19.4 Å². The molecule has 6 heteroatoms. The van der Waals surface area contributed by atoms with E-state index < -0.39 is 0 Å². The molecule has 0 unspecified atom stereocenters. The van der Waals surface area contributed by atoms with Crippen LogP contribution < -0.4 is 0 Å². The van der Waals surface area contributed by atoms with Gasteiger partial charge in [-0.2, -0.15) is 0 Å². The summed E-state index contributed by atoms with van der Waals surface area (Å²) >= 11 is 0. The third-order valence-electron chi connectivity index (χ3n) is 13.4. The molecule has 2 bridgehead atoms. The Morgan fingerprint density at radius 3 is 1.74 bits per heavy atom. The summed E-state index contributed by atoms with van der Waals surface area (Å²) in [6.07, 6.45) is 1.87. The molecule has 4 heterocycles. The Bertz CT molecular complexity index is 3200. The summed E-state index contributed by atoms with van der Waals surface area (Å²) in [7, 11) is 0. The number of hydrogen-bond acceptors (Lipinski definition) is 4. The van der Waals surface area contributed by atoms with Gasteiger partial charge >= 0.3 is 0 Å². The first-order valence-electron chi connectivity index (χ1n) is 22.9. The molecule has 0 radical (unpaired) electrons. The monoisotopic (exact) mass is 1030 g/mol. The molecule has 0 amide bonds. The number of para-hydroxylation sites is 2. The van der Waals surface area contributed by atoms with Crippen molar-refractivity contribution in [3.63, 3.8) is 0 Å². The van der Waals surface area contributed by atoms with Gasteiger partial charge in [0.25, 0.3) is 0 Å². The number of phenolic OH excluding ortho intramolecular Hbond substituents is 1. The Labute approximate surface area is 398 Å². The second-order valence-corrected chi connectivity index (χ2v) is 20.5. The molecule has 9 aromatic rings. The average molecular weight is 1030 g/mol. The minimum Gasteiger partial charge on any atom is -0.507 e. The summed E-state index contributed by atoms with van der Waals surface area (Å²) in [4.78, 5) is 14.6. The van der Waals surface area contributed by atoms with Crippen molar-refractivity contribution in [2.75, 3.05) is 0 Å². The molecular weight excluding hydrogens is 976 g/mol. The normalized spacial score (nSPS) is 15.1. The van der Waals surface area contributed by atoms with Crippen molar-refractivity contribution in [3.8, 4) is 28.1 Å². The number of fused-ring (bicyclic) bond motifs is 5. The second kappa shape index (κ2) is 16.5. The zero-order valence-electron chi connectivity index (χ0n) is 39.1. The van der Waals surface area contributed by atoms with Crippen LogP contribution in [-0.4, -0.2) is 24.5 Å². The van der Waals surface area contributed by atoms with Crippen LogP contribution in [0.3, 0.4) is 0 Å². The Hall–Kier alpha value is -5.90. The van der Waals surface area contributed by atoms with Crippen molar-refractivity contribution in [1.29, 1.82) is 0 Å². The minimum atomic E-state index is -0.227. The van der Waals surface area contributed by atoms with E-state index in [1.807, 2.05) is 30.5 Å². The zero-order valence-corrected chi connectivity index (χ0v) is 41.3. The number of aromatic nitrogens is 4. The van der Waals surface area contributed by atoms with E-state index >= 15 is 0 Å². The smallest absolute Gasteiger partial charge is 0.149 e. The van der Waals surface area contributed by atoms with Gasteiger partial charge in [0, 0.05) is 55.8 Å². The first-order chi connectivity index (χ1) is 30.6. The van der Waals surface area contributed by atoms with E-state index in [9.17, 15) is 5.11 Å². The van der Waals surface area contributed by atoms with E-state index in [-0.39, 0.29) is 43.7 Å². The van der Waals surface area contributed by atoms with Gasteiger partial charge in [-0.15, -0.1) is 35.9 Å². The van der Waals surface area contributed by atoms with Crippen molar-refractivity contribution in [3.05, 3.63) is 196 Å². The molecule has 3 aliphatic carbocycles. The fourth-order valence-corrected chi connectivity index (χ4v) is 10.3. The van der Waals surface area contributed by atoms with Gasteiger partial charge in [0.1, 0.15) is 11.4 Å². The van der Waals surface area contributed by atoms with E-state index in [0.717, 1.165) is 50.3 Å². The Morgan fingerprint density at radius 2 is 1.17 bits per heavy atom. The molecular formula is C59H57N4OPt-. The first-order valence-corrected chi connectivity index (χ1v) is 22.9. The molecule has 0 saturated carbocycles. The zero-order chi connectivity index (χ0) is 44.8. The Kier molecular flexibility index (Phi) is 11.3. The van der Waals surface area contributed by atoms with Gasteiger partial charge in [0.2, 0.25) is 0 Å². The molecule has 5 aromatic carbocycles. The van der Waals surface area contributed by atoms with Gasteiger partial charge in [-0.3, -0.25) is 9.38 Å².